The Morgan fingerprint density at radius 1 is 1.13 bits per heavy atom. The summed E-state index contributed by atoms with van der Waals surface area (Å²) in [4.78, 5) is 0. The topological polar surface area (TPSA) is 26.0 Å². The van der Waals surface area contributed by atoms with Crippen LogP contribution in [-0.4, -0.2) is 0 Å². The van der Waals surface area contributed by atoms with Gasteiger partial charge in [-0.1, -0.05) is 30.2 Å². The van der Waals surface area contributed by atoms with Gasteiger partial charge in [0.15, 0.2) is 0 Å². The summed E-state index contributed by atoms with van der Waals surface area (Å²) in [6, 6.07) is 4.99. The maximum absolute atomic E-state index is 13.2. The third kappa shape index (κ3) is 2.38. The largest absolute Gasteiger partial charge is 0.396 e. The number of allylic oxidation sites excluding steroid dienone is 1. The molecule has 1 aromatic carbocycles. The Kier molecular flexibility index (Phi) is 3.05. The van der Waals surface area contributed by atoms with Crippen molar-refractivity contribution in [3.05, 3.63) is 35.2 Å². The van der Waals surface area contributed by atoms with E-state index in [0.29, 0.717) is 0 Å². The second-order valence-corrected chi connectivity index (χ2v) is 4.11. The van der Waals surface area contributed by atoms with Crippen molar-refractivity contribution in [2.24, 2.45) is 0 Å². The third-order valence-electron chi connectivity index (χ3n) is 2.94. The van der Waals surface area contributed by atoms with E-state index in [2.05, 4.69) is 6.08 Å². The first kappa shape index (κ1) is 10.2. The van der Waals surface area contributed by atoms with Crippen molar-refractivity contribution in [1.29, 1.82) is 0 Å². The molecule has 0 saturated heterocycles. The lowest BCUT2D eigenvalue weighted by Crippen LogP contribution is -1.97. The van der Waals surface area contributed by atoms with E-state index >= 15 is 0 Å². The van der Waals surface area contributed by atoms with Crippen LogP contribution in [0.15, 0.2) is 23.8 Å². The molecular formula is C13H16FN. The minimum Gasteiger partial charge on any atom is -0.396 e. The number of hydrogen-bond acceptors (Lipinski definition) is 1. The number of halogens is 1. The fourth-order valence-electron chi connectivity index (χ4n) is 2.05. The van der Waals surface area contributed by atoms with Gasteiger partial charge in [-0.15, -0.1) is 0 Å². The van der Waals surface area contributed by atoms with Crippen molar-refractivity contribution in [2.75, 3.05) is 5.73 Å². The zero-order valence-electron chi connectivity index (χ0n) is 8.80. The van der Waals surface area contributed by atoms with Gasteiger partial charge in [-0.25, -0.2) is 4.39 Å². The normalized spacial score (nSPS) is 16.5. The van der Waals surface area contributed by atoms with E-state index in [-0.39, 0.29) is 11.5 Å². The summed E-state index contributed by atoms with van der Waals surface area (Å²) in [6.07, 6.45) is 8.14. The van der Waals surface area contributed by atoms with E-state index < -0.39 is 0 Å². The molecule has 80 valence electrons. The predicted octanol–water partition coefficient (Wildman–Crippen LogP) is 3.76. The summed E-state index contributed by atoms with van der Waals surface area (Å²) >= 11 is 0. The Bertz CT molecular complexity index is 374. The number of nitrogen functional groups attached to an aromatic ring is 1. The van der Waals surface area contributed by atoms with Crippen LogP contribution in [0.5, 0.6) is 0 Å². The summed E-state index contributed by atoms with van der Waals surface area (Å²) in [6.45, 7) is 0. The van der Waals surface area contributed by atoms with Crippen LogP contribution in [-0.2, 0) is 0 Å². The van der Waals surface area contributed by atoms with Crippen LogP contribution in [0.25, 0.3) is 6.08 Å². The molecule has 1 aliphatic carbocycles. The van der Waals surface area contributed by atoms with Crippen LogP contribution < -0.4 is 5.73 Å². The van der Waals surface area contributed by atoms with E-state index in [9.17, 15) is 4.39 Å². The lowest BCUT2D eigenvalue weighted by Gasteiger charge is -2.14. The highest BCUT2D eigenvalue weighted by atomic mass is 19.1. The maximum atomic E-state index is 13.2. The highest BCUT2D eigenvalue weighted by molar-refractivity contribution is 5.66. The molecule has 0 radical (unpaired) electrons. The lowest BCUT2D eigenvalue weighted by molar-refractivity contribution is 0.602. The molecule has 0 aliphatic heterocycles. The predicted molar refractivity (Wildman–Crippen MR) is 61.9 cm³/mol. The smallest absolute Gasteiger partial charge is 0.146 e. The van der Waals surface area contributed by atoms with E-state index in [4.69, 9.17) is 5.73 Å². The SMILES string of the molecule is Nc1c(F)cccc1C=C1CCCCC1. The standard InChI is InChI=1S/C13H16FN/c14-12-8-4-7-11(13(12)15)9-10-5-2-1-3-6-10/h4,7-9H,1-3,5-6,15H2. The quantitative estimate of drug-likeness (QED) is 0.694. The van der Waals surface area contributed by atoms with Crippen molar-refractivity contribution in [1.82, 2.24) is 0 Å². The molecule has 0 atom stereocenters. The number of hydrogen-bond donors (Lipinski definition) is 1. The second-order valence-electron chi connectivity index (χ2n) is 4.11. The molecule has 0 heterocycles. The van der Waals surface area contributed by atoms with E-state index in [0.717, 1.165) is 18.4 Å². The van der Waals surface area contributed by atoms with Crippen molar-refractivity contribution < 1.29 is 4.39 Å². The van der Waals surface area contributed by atoms with Gasteiger partial charge in [0.1, 0.15) is 5.82 Å². The van der Waals surface area contributed by atoms with Gasteiger partial charge in [-0.05, 0) is 31.7 Å². The van der Waals surface area contributed by atoms with Crippen molar-refractivity contribution in [3.63, 3.8) is 0 Å². The average molecular weight is 205 g/mol. The molecular weight excluding hydrogens is 189 g/mol. The number of rotatable bonds is 1. The lowest BCUT2D eigenvalue weighted by atomic mass is 9.93. The summed E-state index contributed by atoms with van der Waals surface area (Å²) in [5.74, 6) is -0.319. The summed E-state index contributed by atoms with van der Waals surface area (Å²) in [7, 11) is 0. The van der Waals surface area contributed by atoms with Crippen molar-refractivity contribution in [3.8, 4) is 0 Å². The number of anilines is 1. The molecule has 1 saturated carbocycles. The third-order valence-corrected chi connectivity index (χ3v) is 2.94. The molecule has 1 aliphatic rings. The molecule has 15 heavy (non-hydrogen) atoms. The van der Waals surface area contributed by atoms with Gasteiger partial charge in [0.05, 0.1) is 5.69 Å². The number of para-hydroxylation sites is 1. The molecule has 0 unspecified atom stereocenters. The summed E-state index contributed by atoms with van der Waals surface area (Å²) in [5.41, 5.74) is 8.18. The van der Waals surface area contributed by atoms with Gasteiger partial charge in [-0.2, -0.15) is 0 Å². The average Bonchev–Trinajstić information content (AvgIpc) is 2.26. The molecule has 2 N–H and O–H groups in total. The van der Waals surface area contributed by atoms with E-state index in [1.807, 2.05) is 6.07 Å². The Morgan fingerprint density at radius 2 is 1.87 bits per heavy atom. The minimum atomic E-state index is -0.319. The Morgan fingerprint density at radius 3 is 2.60 bits per heavy atom. The second kappa shape index (κ2) is 4.47. The van der Waals surface area contributed by atoms with Crippen molar-refractivity contribution in [2.45, 2.75) is 32.1 Å². The van der Waals surface area contributed by atoms with Crippen LogP contribution >= 0.6 is 0 Å². The van der Waals surface area contributed by atoms with Gasteiger partial charge < -0.3 is 5.73 Å². The zero-order valence-corrected chi connectivity index (χ0v) is 8.80. The fraction of sp³-hybridized carbons (Fsp3) is 0.385. The van der Waals surface area contributed by atoms with E-state index in [1.165, 1.54) is 30.9 Å². The van der Waals surface area contributed by atoms with Crippen LogP contribution in [0.4, 0.5) is 10.1 Å². The molecule has 1 aromatic rings. The van der Waals surface area contributed by atoms with Crippen LogP contribution in [0.2, 0.25) is 0 Å². The van der Waals surface area contributed by atoms with Gasteiger partial charge in [0.2, 0.25) is 0 Å². The first-order chi connectivity index (χ1) is 7.27. The maximum Gasteiger partial charge on any atom is 0.146 e. The monoisotopic (exact) mass is 205 g/mol. The molecule has 0 amide bonds. The molecule has 1 nitrogen and oxygen atoms in total. The fourth-order valence-corrected chi connectivity index (χ4v) is 2.05. The highest BCUT2D eigenvalue weighted by Gasteiger charge is 2.07. The minimum absolute atomic E-state index is 0.274. The number of nitrogens with two attached hydrogens (primary N) is 1. The van der Waals surface area contributed by atoms with Gasteiger partial charge >= 0.3 is 0 Å². The summed E-state index contributed by atoms with van der Waals surface area (Å²) < 4.78 is 13.2. The Hall–Kier alpha value is -1.31. The number of benzene rings is 1. The zero-order chi connectivity index (χ0) is 10.7. The Labute approximate surface area is 89.8 Å². The van der Waals surface area contributed by atoms with E-state index in [1.54, 1.807) is 6.07 Å². The van der Waals surface area contributed by atoms with Crippen LogP contribution in [0.3, 0.4) is 0 Å². The molecule has 2 rings (SSSR count). The molecule has 0 bridgehead atoms. The molecule has 0 spiro atoms. The van der Waals surface area contributed by atoms with Crippen molar-refractivity contribution >= 4 is 11.8 Å². The van der Waals surface area contributed by atoms with Gasteiger partial charge in [0.25, 0.3) is 0 Å². The first-order valence-electron chi connectivity index (χ1n) is 5.51. The van der Waals surface area contributed by atoms with Gasteiger partial charge in [-0.3, -0.25) is 0 Å². The first-order valence-corrected chi connectivity index (χ1v) is 5.51. The molecule has 2 heteroatoms. The molecule has 1 fully saturated rings. The molecule has 0 aromatic heterocycles. The summed E-state index contributed by atoms with van der Waals surface area (Å²) in [5, 5.41) is 0. The van der Waals surface area contributed by atoms with Crippen LogP contribution in [0.1, 0.15) is 37.7 Å². The van der Waals surface area contributed by atoms with Crippen LogP contribution in [0, 0.1) is 5.82 Å². The Balaban J connectivity index is 2.25. The van der Waals surface area contributed by atoms with Gasteiger partial charge in [0, 0.05) is 5.56 Å². The highest BCUT2D eigenvalue weighted by Crippen LogP contribution is 2.27.